The van der Waals surface area contributed by atoms with Gasteiger partial charge in [0.15, 0.2) is 5.78 Å². The molecule has 1 saturated heterocycles. The summed E-state index contributed by atoms with van der Waals surface area (Å²) in [5.74, 6) is -1.24. The lowest BCUT2D eigenvalue weighted by atomic mass is 9.96. The van der Waals surface area contributed by atoms with Gasteiger partial charge in [0.1, 0.15) is 41.9 Å². The molecular weight excluding hydrogens is 468 g/mol. The van der Waals surface area contributed by atoms with Gasteiger partial charge in [-0.2, -0.15) is 4.91 Å². The van der Waals surface area contributed by atoms with Crippen molar-refractivity contribution in [3.8, 4) is 11.5 Å². The first kappa shape index (κ1) is 27.5. The number of aromatic hydroxyl groups is 1. The Morgan fingerprint density at radius 1 is 1.22 bits per heavy atom. The van der Waals surface area contributed by atoms with Gasteiger partial charge in [-0.1, -0.05) is 22.9 Å². The van der Waals surface area contributed by atoms with Crippen LogP contribution < -0.4 is 4.74 Å². The van der Waals surface area contributed by atoms with Crippen LogP contribution in [-0.4, -0.2) is 84.6 Å². The van der Waals surface area contributed by atoms with Gasteiger partial charge in [-0.3, -0.25) is 9.69 Å². The second kappa shape index (κ2) is 12.8. The number of aliphatic hydroxyl groups excluding tert-OH is 1. The van der Waals surface area contributed by atoms with Crippen molar-refractivity contribution in [2.24, 2.45) is 5.18 Å². The number of carbonyl (C=O) groups is 2. The highest BCUT2D eigenvalue weighted by atomic mass is 16.5. The summed E-state index contributed by atoms with van der Waals surface area (Å²) in [6, 6.07) is 0.204. The van der Waals surface area contributed by atoms with Crippen LogP contribution in [0.3, 0.4) is 0 Å². The van der Waals surface area contributed by atoms with E-state index < -0.39 is 30.0 Å². The molecule has 36 heavy (non-hydrogen) atoms. The van der Waals surface area contributed by atoms with Crippen molar-refractivity contribution < 1.29 is 34.0 Å². The number of cyclic esters (lactones) is 1. The number of esters is 1. The zero-order chi connectivity index (χ0) is 26.2. The summed E-state index contributed by atoms with van der Waals surface area (Å²) in [7, 11) is 0. The molecule has 2 aliphatic heterocycles. The van der Waals surface area contributed by atoms with Crippen LogP contribution in [0.1, 0.15) is 48.2 Å². The molecule has 2 N–H and O–H groups in total. The Morgan fingerprint density at radius 3 is 2.64 bits per heavy atom. The number of phenols is 1. The Morgan fingerprint density at radius 2 is 1.94 bits per heavy atom. The lowest BCUT2D eigenvalue weighted by molar-refractivity contribution is -0.123. The fourth-order valence-corrected chi connectivity index (χ4v) is 4.31. The molecule has 0 radical (unpaired) electrons. The highest BCUT2D eigenvalue weighted by molar-refractivity contribution is 5.98. The number of fused-ring (bicyclic) bond motifs is 1. The van der Waals surface area contributed by atoms with Gasteiger partial charge in [-0.05, 0) is 44.4 Å². The van der Waals surface area contributed by atoms with Gasteiger partial charge < -0.3 is 24.4 Å². The van der Waals surface area contributed by atoms with Crippen molar-refractivity contribution in [3.63, 3.8) is 0 Å². The van der Waals surface area contributed by atoms with Crippen LogP contribution in [0.25, 0.3) is 6.08 Å². The number of ether oxygens (including phenoxy) is 3. The van der Waals surface area contributed by atoms with Crippen molar-refractivity contribution in [3.05, 3.63) is 45.4 Å². The zero-order valence-corrected chi connectivity index (χ0v) is 20.9. The first-order valence-corrected chi connectivity index (χ1v) is 12.1. The number of rotatable bonds is 5. The number of hydrogen-bond acceptors (Lipinski definition) is 10. The van der Waals surface area contributed by atoms with Gasteiger partial charge in [0, 0.05) is 32.1 Å². The number of hydrogen-bond donors (Lipinski definition) is 2. The minimum absolute atomic E-state index is 0.0259. The number of morpholine rings is 1. The van der Waals surface area contributed by atoms with Gasteiger partial charge >= 0.3 is 5.97 Å². The third-order valence-corrected chi connectivity index (χ3v) is 6.30. The van der Waals surface area contributed by atoms with Crippen molar-refractivity contribution in [2.75, 3.05) is 39.5 Å². The predicted octanol–water partition coefficient (Wildman–Crippen LogP) is 2.78. The van der Waals surface area contributed by atoms with Crippen molar-refractivity contribution in [1.82, 2.24) is 4.90 Å². The van der Waals surface area contributed by atoms with Crippen LogP contribution in [0.5, 0.6) is 11.5 Å². The number of ketones is 1. The molecule has 10 heteroatoms. The molecule has 2 aliphatic rings. The van der Waals surface area contributed by atoms with E-state index in [0.29, 0.717) is 48.8 Å². The fraction of sp³-hybridized carbons (Fsp3) is 0.538. The van der Waals surface area contributed by atoms with Gasteiger partial charge in [0.25, 0.3) is 0 Å². The van der Waals surface area contributed by atoms with E-state index in [1.165, 1.54) is 18.2 Å². The molecule has 0 aliphatic carbocycles. The number of phenolic OH excluding ortho intramolecular Hbond substituents is 1. The average molecular weight is 503 g/mol. The molecule has 1 aromatic carbocycles. The number of aliphatic hydroxyl groups is 1. The molecule has 0 amide bonds. The first-order valence-electron chi connectivity index (χ1n) is 12.1. The average Bonchev–Trinajstić information content (AvgIpc) is 2.83. The molecule has 0 aromatic heterocycles. The molecule has 0 saturated carbocycles. The van der Waals surface area contributed by atoms with Gasteiger partial charge in [-0.15, -0.1) is 0 Å². The predicted molar refractivity (Wildman–Crippen MR) is 133 cm³/mol. The summed E-state index contributed by atoms with van der Waals surface area (Å²) in [5, 5.41) is 24.1. The van der Waals surface area contributed by atoms with Gasteiger partial charge in [-0.25, -0.2) is 4.79 Å². The number of nitrogens with zero attached hydrogens (tertiary/aromatic N) is 2. The molecule has 0 bridgehead atoms. The molecule has 1 aromatic rings. The van der Waals surface area contributed by atoms with Crippen LogP contribution in [-0.2, 0) is 14.3 Å². The van der Waals surface area contributed by atoms with Crippen LogP contribution in [0.15, 0.2) is 29.0 Å². The Labute approximate surface area is 210 Å². The maximum atomic E-state index is 13.1. The fourth-order valence-electron chi connectivity index (χ4n) is 4.31. The van der Waals surface area contributed by atoms with E-state index in [1.54, 1.807) is 26.8 Å². The highest BCUT2D eigenvalue weighted by Gasteiger charge is 2.27. The molecule has 0 spiro atoms. The normalized spacial score (nSPS) is 26.7. The second-order valence-corrected chi connectivity index (χ2v) is 9.18. The van der Waals surface area contributed by atoms with E-state index in [-0.39, 0.29) is 24.2 Å². The third kappa shape index (κ3) is 6.99. The van der Waals surface area contributed by atoms with E-state index in [1.807, 2.05) is 0 Å². The zero-order valence-electron chi connectivity index (χ0n) is 20.9. The van der Waals surface area contributed by atoms with E-state index in [9.17, 15) is 24.7 Å². The van der Waals surface area contributed by atoms with Gasteiger partial charge in [0.2, 0.25) is 0 Å². The summed E-state index contributed by atoms with van der Waals surface area (Å²) in [6.45, 7) is 9.14. The number of nitroso groups, excluding NO2 is 1. The first-order chi connectivity index (χ1) is 17.2. The second-order valence-electron chi connectivity index (χ2n) is 9.18. The lowest BCUT2D eigenvalue weighted by Gasteiger charge is -2.26. The summed E-state index contributed by atoms with van der Waals surface area (Å²) in [6.07, 6.45) is 2.30. The van der Waals surface area contributed by atoms with E-state index in [4.69, 9.17) is 14.2 Å². The van der Waals surface area contributed by atoms with Crippen molar-refractivity contribution in [2.45, 2.75) is 51.9 Å². The Kier molecular flexibility index (Phi) is 9.74. The van der Waals surface area contributed by atoms with Crippen LogP contribution >= 0.6 is 0 Å². The van der Waals surface area contributed by atoms with Crippen molar-refractivity contribution >= 4 is 17.8 Å². The van der Waals surface area contributed by atoms with Crippen molar-refractivity contribution in [1.29, 1.82) is 0 Å². The minimum Gasteiger partial charge on any atom is -0.507 e. The molecular formula is C26H34N2O8. The highest BCUT2D eigenvalue weighted by Crippen LogP contribution is 2.35. The van der Waals surface area contributed by atoms with Crippen LogP contribution in [0, 0.1) is 11.8 Å². The number of carbonyl (C=O) groups excluding carboxylic acids is 2. The maximum absolute atomic E-state index is 13.1. The summed E-state index contributed by atoms with van der Waals surface area (Å²) in [5.41, 5.74) is 1.51. The minimum atomic E-state index is -1.59. The largest absolute Gasteiger partial charge is 0.507 e. The SMILES string of the molecule is C/C1=C/C(=O)[C@@H](O)[C@@H](N=O)C/C=C/c2c(C)c(OCCN3CCOCC3)cc(O)c2C(=O)O[C@@H](C)C1. The quantitative estimate of drug-likeness (QED) is 0.460. The molecule has 2 heterocycles. The van der Waals surface area contributed by atoms with Gasteiger partial charge in [0.05, 0.1) is 13.2 Å². The smallest absolute Gasteiger partial charge is 0.342 e. The monoisotopic (exact) mass is 502 g/mol. The number of benzene rings is 1. The summed E-state index contributed by atoms with van der Waals surface area (Å²) in [4.78, 5) is 39.0. The molecule has 196 valence electrons. The topological polar surface area (TPSA) is 135 Å². The van der Waals surface area contributed by atoms with Crippen LogP contribution in [0.4, 0.5) is 0 Å². The molecule has 1 fully saturated rings. The molecule has 10 nitrogen and oxygen atoms in total. The standard InChI is InChI=1S/C26H34N2O8/c1-16-13-17(2)36-26(32)24-19(5-4-6-20(27-33)25(31)22(30)14-16)18(3)23(15-21(24)29)35-12-9-28-7-10-34-11-8-28/h4-5,14-15,17,20,25,29,31H,6-13H2,1-3H3/b5-4+,16-14-/t17-,20-,25-/m0/s1. The molecule has 0 unspecified atom stereocenters. The Balaban J connectivity index is 1.93. The summed E-state index contributed by atoms with van der Waals surface area (Å²) < 4.78 is 16.9. The maximum Gasteiger partial charge on any atom is 0.342 e. The van der Waals surface area contributed by atoms with E-state index >= 15 is 0 Å². The summed E-state index contributed by atoms with van der Waals surface area (Å²) >= 11 is 0. The Hall–Kier alpha value is -3.08. The van der Waals surface area contributed by atoms with Crippen LogP contribution in [0.2, 0.25) is 0 Å². The van der Waals surface area contributed by atoms with E-state index in [2.05, 4.69) is 10.1 Å². The van der Waals surface area contributed by atoms with E-state index in [0.717, 1.165) is 13.1 Å². The lowest BCUT2D eigenvalue weighted by Crippen LogP contribution is -2.38. The molecule has 3 atom stereocenters. The third-order valence-electron chi connectivity index (χ3n) is 6.30. The Bertz CT molecular complexity index is 1030. The molecule has 3 rings (SSSR count).